The molecule has 0 spiro atoms. The molecular weight excluding hydrogens is 705 g/mol. The number of fused-ring (bicyclic) bond motifs is 5. The Balaban J connectivity index is 1.12. The van der Waals surface area contributed by atoms with Crippen LogP contribution in [-0.2, 0) is 0 Å². The third-order valence-corrected chi connectivity index (χ3v) is 11.1. The SMILES string of the molecule is c1ccc(-c2nc(-c3ccccc3)nc(-c3ccc(-c4c5ccccc5c(-c5nc6ccccc6c6c(-c7ccccc7)cccc56)c5ccccc45)cc3)n2)cc1. The molecule has 0 saturated carbocycles. The summed E-state index contributed by atoms with van der Waals surface area (Å²) in [5, 5.41) is 8.16. The minimum atomic E-state index is 0.633. The Bertz CT molecular complexity index is 3190. The highest BCUT2D eigenvalue weighted by Crippen LogP contribution is 2.47. The number of benzene rings is 9. The number of hydrogen-bond acceptors (Lipinski definition) is 4. The fourth-order valence-corrected chi connectivity index (χ4v) is 8.47. The average Bonchev–Trinajstić information content (AvgIpc) is 3.31. The van der Waals surface area contributed by atoms with Crippen molar-refractivity contribution in [3.05, 3.63) is 206 Å². The van der Waals surface area contributed by atoms with Gasteiger partial charge in [-0.15, -0.1) is 0 Å². The van der Waals surface area contributed by atoms with Crippen molar-refractivity contribution in [1.82, 2.24) is 19.9 Å². The summed E-state index contributed by atoms with van der Waals surface area (Å²) in [5.41, 5.74) is 10.6. The van der Waals surface area contributed by atoms with Crippen molar-refractivity contribution in [3.8, 4) is 67.7 Å². The fourth-order valence-electron chi connectivity index (χ4n) is 8.47. The first-order valence-electron chi connectivity index (χ1n) is 19.6. The second kappa shape index (κ2) is 14.0. The van der Waals surface area contributed by atoms with Gasteiger partial charge in [-0.2, -0.15) is 0 Å². The van der Waals surface area contributed by atoms with Crippen LogP contribution in [0.5, 0.6) is 0 Å². The summed E-state index contributed by atoms with van der Waals surface area (Å²) in [6, 6.07) is 72.3. The molecule has 0 aliphatic rings. The summed E-state index contributed by atoms with van der Waals surface area (Å²) >= 11 is 0. The zero-order valence-corrected chi connectivity index (χ0v) is 31.4. The molecule has 0 bridgehead atoms. The predicted octanol–water partition coefficient (Wildman–Crippen LogP) is 13.9. The van der Waals surface area contributed by atoms with Crippen LogP contribution in [0.4, 0.5) is 0 Å². The number of para-hydroxylation sites is 1. The molecule has 58 heavy (non-hydrogen) atoms. The summed E-state index contributed by atoms with van der Waals surface area (Å²) in [6.07, 6.45) is 0. The van der Waals surface area contributed by atoms with Crippen LogP contribution in [0.1, 0.15) is 0 Å². The molecule has 4 heteroatoms. The summed E-state index contributed by atoms with van der Waals surface area (Å²) in [7, 11) is 0. The van der Waals surface area contributed by atoms with Gasteiger partial charge < -0.3 is 0 Å². The summed E-state index contributed by atoms with van der Waals surface area (Å²) < 4.78 is 0. The minimum absolute atomic E-state index is 0.633. The number of nitrogens with zero attached hydrogens (tertiary/aromatic N) is 4. The predicted molar refractivity (Wildman–Crippen MR) is 240 cm³/mol. The second-order valence-electron chi connectivity index (χ2n) is 14.5. The van der Waals surface area contributed by atoms with Gasteiger partial charge in [0.1, 0.15) is 0 Å². The van der Waals surface area contributed by atoms with Crippen LogP contribution >= 0.6 is 0 Å². The van der Waals surface area contributed by atoms with Crippen LogP contribution < -0.4 is 0 Å². The molecule has 2 aromatic heterocycles. The second-order valence-corrected chi connectivity index (χ2v) is 14.5. The van der Waals surface area contributed by atoms with Crippen molar-refractivity contribution in [1.29, 1.82) is 0 Å². The molecule has 11 aromatic rings. The van der Waals surface area contributed by atoms with E-state index >= 15 is 0 Å². The Hall–Kier alpha value is -7.82. The maximum absolute atomic E-state index is 5.50. The lowest BCUT2D eigenvalue weighted by atomic mass is 9.85. The first-order valence-corrected chi connectivity index (χ1v) is 19.6. The molecule has 0 aliphatic carbocycles. The number of hydrogen-bond donors (Lipinski definition) is 0. The van der Waals surface area contributed by atoms with Gasteiger partial charge in [0.25, 0.3) is 0 Å². The molecule has 0 fully saturated rings. The maximum Gasteiger partial charge on any atom is 0.164 e. The van der Waals surface area contributed by atoms with E-state index in [-0.39, 0.29) is 0 Å². The van der Waals surface area contributed by atoms with Gasteiger partial charge in [0, 0.05) is 38.4 Å². The number of pyridine rings is 1. The molecule has 0 N–H and O–H groups in total. The monoisotopic (exact) mass is 738 g/mol. The third kappa shape index (κ3) is 5.70. The molecule has 0 amide bonds. The summed E-state index contributed by atoms with van der Waals surface area (Å²) in [5.74, 6) is 1.92. The smallest absolute Gasteiger partial charge is 0.164 e. The van der Waals surface area contributed by atoms with Crippen molar-refractivity contribution in [2.45, 2.75) is 0 Å². The van der Waals surface area contributed by atoms with E-state index in [0.29, 0.717) is 17.5 Å². The Labute approximate surface area is 335 Å². The maximum atomic E-state index is 5.50. The first kappa shape index (κ1) is 33.5. The molecule has 0 radical (unpaired) electrons. The van der Waals surface area contributed by atoms with Crippen molar-refractivity contribution in [2.24, 2.45) is 0 Å². The highest BCUT2D eigenvalue weighted by Gasteiger charge is 2.21. The zero-order valence-electron chi connectivity index (χ0n) is 31.4. The van der Waals surface area contributed by atoms with Gasteiger partial charge in [0.15, 0.2) is 17.5 Å². The van der Waals surface area contributed by atoms with E-state index in [1.165, 1.54) is 32.8 Å². The molecule has 4 nitrogen and oxygen atoms in total. The van der Waals surface area contributed by atoms with E-state index in [0.717, 1.165) is 60.6 Å². The first-order chi connectivity index (χ1) is 28.8. The highest BCUT2D eigenvalue weighted by atomic mass is 15.0. The van der Waals surface area contributed by atoms with Crippen molar-refractivity contribution in [3.63, 3.8) is 0 Å². The molecule has 270 valence electrons. The van der Waals surface area contributed by atoms with Gasteiger partial charge >= 0.3 is 0 Å². The topological polar surface area (TPSA) is 51.6 Å². The minimum Gasteiger partial charge on any atom is -0.247 e. The van der Waals surface area contributed by atoms with Crippen LogP contribution in [0.15, 0.2) is 206 Å². The van der Waals surface area contributed by atoms with E-state index in [1.807, 2.05) is 60.7 Å². The fraction of sp³-hybridized carbons (Fsp3) is 0. The van der Waals surface area contributed by atoms with Crippen LogP contribution in [0, 0.1) is 0 Å². The van der Waals surface area contributed by atoms with Gasteiger partial charge in [-0.3, -0.25) is 0 Å². The third-order valence-electron chi connectivity index (χ3n) is 11.1. The Kier molecular flexibility index (Phi) is 8.11. The van der Waals surface area contributed by atoms with Gasteiger partial charge in [-0.25, -0.2) is 19.9 Å². The van der Waals surface area contributed by atoms with Gasteiger partial charge in [0.2, 0.25) is 0 Å². The van der Waals surface area contributed by atoms with Gasteiger partial charge in [-0.05, 0) is 49.9 Å². The molecular formula is C54H34N4. The standard InChI is InChI=1S/C54H34N4/c1-4-17-35(18-5-1)40-28-16-29-46-49(40)45-27-14-15-30-47(45)55-51(46)50-43-25-12-10-23-41(43)48(42-24-11-13-26-44(42)50)36-31-33-39(34-32-36)54-57-52(37-19-6-2-7-20-37)56-53(58-54)38-21-8-3-9-22-38/h1-34H. The molecule has 9 aromatic carbocycles. The molecule has 2 heterocycles. The summed E-state index contributed by atoms with van der Waals surface area (Å²) in [4.78, 5) is 20.4. The lowest BCUT2D eigenvalue weighted by Crippen LogP contribution is -2.00. The number of rotatable bonds is 6. The Morgan fingerprint density at radius 3 is 1.17 bits per heavy atom. The van der Waals surface area contributed by atoms with Gasteiger partial charge in [-0.1, -0.05) is 200 Å². The van der Waals surface area contributed by atoms with Crippen molar-refractivity contribution in [2.75, 3.05) is 0 Å². The molecule has 0 unspecified atom stereocenters. The van der Waals surface area contributed by atoms with Crippen LogP contribution in [0.2, 0.25) is 0 Å². The quantitative estimate of drug-likeness (QED) is 0.126. The largest absolute Gasteiger partial charge is 0.247 e. The lowest BCUT2D eigenvalue weighted by Gasteiger charge is -2.20. The highest BCUT2D eigenvalue weighted by molar-refractivity contribution is 6.25. The van der Waals surface area contributed by atoms with E-state index in [4.69, 9.17) is 19.9 Å². The van der Waals surface area contributed by atoms with E-state index in [1.54, 1.807) is 0 Å². The number of aromatic nitrogens is 4. The van der Waals surface area contributed by atoms with E-state index in [2.05, 4.69) is 146 Å². The van der Waals surface area contributed by atoms with Crippen molar-refractivity contribution >= 4 is 43.2 Å². The van der Waals surface area contributed by atoms with Gasteiger partial charge in [0.05, 0.1) is 11.2 Å². The molecule has 0 atom stereocenters. The van der Waals surface area contributed by atoms with Crippen LogP contribution in [-0.4, -0.2) is 19.9 Å². The molecule has 0 aliphatic heterocycles. The molecule has 0 saturated heterocycles. The van der Waals surface area contributed by atoms with E-state index in [9.17, 15) is 0 Å². The van der Waals surface area contributed by atoms with E-state index < -0.39 is 0 Å². The average molecular weight is 739 g/mol. The van der Waals surface area contributed by atoms with Crippen LogP contribution in [0.3, 0.4) is 0 Å². The normalized spacial score (nSPS) is 11.4. The lowest BCUT2D eigenvalue weighted by molar-refractivity contribution is 1.07. The van der Waals surface area contributed by atoms with Crippen molar-refractivity contribution < 1.29 is 0 Å². The van der Waals surface area contributed by atoms with Crippen LogP contribution in [0.25, 0.3) is 111 Å². The Morgan fingerprint density at radius 1 is 0.241 bits per heavy atom. The summed E-state index contributed by atoms with van der Waals surface area (Å²) in [6.45, 7) is 0. The Morgan fingerprint density at radius 2 is 0.638 bits per heavy atom. The molecule has 11 rings (SSSR count). The zero-order chi connectivity index (χ0) is 38.4.